The van der Waals surface area contributed by atoms with Gasteiger partial charge in [-0.2, -0.15) is 0 Å². The monoisotopic (exact) mass is 454 g/mol. The molecule has 4 heteroatoms. The number of esters is 1. The number of aromatic amines is 1. The van der Waals surface area contributed by atoms with Crippen molar-refractivity contribution < 1.29 is 9.53 Å². The molecule has 4 nitrogen and oxygen atoms in total. The Balaban J connectivity index is 1.18. The SMILES string of the molecule is O=C(OCc1ccccc1)C1Cc2c([nH]c3ccccc23)C(CC23CC4CC(CC(C4)C2)C3)N1. The van der Waals surface area contributed by atoms with Crippen LogP contribution in [0.15, 0.2) is 54.6 Å². The van der Waals surface area contributed by atoms with Gasteiger partial charge in [-0.25, -0.2) is 0 Å². The van der Waals surface area contributed by atoms with E-state index in [4.69, 9.17) is 4.74 Å². The fourth-order valence-electron chi connectivity index (χ4n) is 8.44. The lowest BCUT2D eigenvalue weighted by Crippen LogP contribution is -2.50. The van der Waals surface area contributed by atoms with Gasteiger partial charge in [-0.3, -0.25) is 10.1 Å². The normalized spacial score (nSPS) is 33.7. The molecule has 2 N–H and O–H groups in total. The summed E-state index contributed by atoms with van der Waals surface area (Å²) in [7, 11) is 0. The van der Waals surface area contributed by atoms with Crippen LogP contribution in [0.1, 0.15) is 67.8 Å². The number of fused-ring (bicyclic) bond motifs is 3. The maximum Gasteiger partial charge on any atom is 0.323 e. The van der Waals surface area contributed by atoms with Crippen LogP contribution in [0, 0.1) is 23.2 Å². The second-order valence-corrected chi connectivity index (χ2v) is 11.8. The summed E-state index contributed by atoms with van der Waals surface area (Å²) in [4.78, 5) is 17.0. The number of nitrogens with one attached hydrogen (secondary N) is 2. The highest BCUT2D eigenvalue weighted by Crippen LogP contribution is 2.62. The summed E-state index contributed by atoms with van der Waals surface area (Å²) in [5.74, 6) is 2.67. The zero-order valence-electron chi connectivity index (χ0n) is 19.8. The van der Waals surface area contributed by atoms with Gasteiger partial charge in [0.25, 0.3) is 0 Å². The van der Waals surface area contributed by atoms with Gasteiger partial charge in [0.2, 0.25) is 0 Å². The van der Waals surface area contributed by atoms with Gasteiger partial charge in [0.05, 0.1) is 0 Å². The Morgan fingerprint density at radius 2 is 1.59 bits per heavy atom. The highest BCUT2D eigenvalue weighted by Gasteiger charge is 2.52. The lowest BCUT2D eigenvalue weighted by molar-refractivity contribution is -0.148. The summed E-state index contributed by atoms with van der Waals surface area (Å²) in [5.41, 5.74) is 5.28. The van der Waals surface area contributed by atoms with Gasteiger partial charge in [0.1, 0.15) is 12.6 Å². The third-order valence-electron chi connectivity index (χ3n) is 9.32. The van der Waals surface area contributed by atoms with Gasteiger partial charge >= 0.3 is 5.97 Å². The standard InChI is InChI=1S/C30H34N2O2/c33-29(34-18-19-6-2-1-3-7-19)26-13-24-23-8-4-5-9-25(23)32-28(24)27(31-26)17-30-14-20-10-21(15-30)12-22(11-20)16-30/h1-9,20-22,26-27,31-32H,10-18H2. The average Bonchev–Trinajstić information content (AvgIpc) is 3.21. The molecule has 2 atom stereocenters. The molecule has 4 bridgehead atoms. The third-order valence-corrected chi connectivity index (χ3v) is 9.32. The minimum absolute atomic E-state index is 0.129. The number of carbonyl (C=O) groups excluding carboxylic acids is 1. The van der Waals surface area contributed by atoms with Gasteiger partial charge in [0.15, 0.2) is 0 Å². The van der Waals surface area contributed by atoms with E-state index in [9.17, 15) is 4.79 Å². The van der Waals surface area contributed by atoms with Crippen molar-refractivity contribution in [2.24, 2.45) is 23.2 Å². The molecule has 2 unspecified atom stereocenters. The number of ether oxygens (including phenoxy) is 1. The predicted molar refractivity (Wildman–Crippen MR) is 133 cm³/mol. The number of benzene rings is 2. The van der Waals surface area contributed by atoms with Crippen LogP contribution in [0.5, 0.6) is 0 Å². The first-order valence-corrected chi connectivity index (χ1v) is 13.2. The lowest BCUT2D eigenvalue weighted by atomic mass is 9.48. The second-order valence-electron chi connectivity index (χ2n) is 11.8. The molecule has 4 fully saturated rings. The maximum atomic E-state index is 13.3. The van der Waals surface area contributed by atoms with E-state index in [1.54, 1.807) is 0 Å². The first kappa shape index (κ1) is 20.8. The molecule has 1 aliphatic heterocycles. The lowest BCUT2D eigenvalue weighted by Gasteiger charge is -2.58. The van der Waals surface area contributed by atoms with Gasteiger partial charge in [-0.05, 0) is 85.3 Å². The van der Waals surface area contributed by atoms with Crippen molar-refractivity contribution >= 4 is 16.9 Å². The fraction of sp³-hybridized carbons (Fsp3) is 0.500. The van der Waals surface area contributed by atoms with Crippen LogP contribution in [0.2, 0.25) is 0 Å². The average molecular weight is 455 g/mol. The van der Waals surface area contributed by atoms with Crippen LogP contribution in [0.4, 0.5) is 0 Å². The van der Waals surface area contributed by atoms with Crippen LogP contribution >= 0.6 is 0 Å². The molecule has 0 amide bonds. The van der Waals surface area contributed by atoms with E-state index in [0.717, 1.165) is 29.7 Å². The molecule has 0 saturated heterocycles. The van der Waals surface area contributed by atoms with Crippen LogP contribution in [-0.2, 0) is 22.6 Å². The number of carbonyl (C=O) groups is 1. The number of hydrogen-bond donors (Lipinski definition) is 2. The van der Waals surface area contributed by atoms with Crippen molar-refractivity contribution in [1.82, 2.24) is 10.3 Å². The van der Waals surface area contributed by atoms with Gasteiger partial charge in [-0.15, -0.1) is 0 Å². The summed E-state index contributed by atoms with van der Waals surface area (Å²) < 4.78 is 5.80. The first-order valence-electron chi connectivity index (χ1n) is 13.2. The quantitative estimate of drug-likeness (QED) is 0.460. The molecule has 0 radical (unpaired) electrons. The number of hydrogen-bond acceptors (Lipinski definition) is 3. The third kappa shape index (κ3) is 3.58. The minimum Gasteiger partial charge on any atom is -0.460 e. The predicted octanol–water partition coefficient (Wildman–Crippen LogP) is 6.07. The van der Waals surface area contributed by atoms with Gasteiger partial charge in [-0.1, -0.05) is 48.5 Å². The number of para-hydroxylation sites is 1. The number of H-pyrrole nitrogens is 1. The Labute approximate surface area is 201 Å². The van der Waals surface area contributed by atoms with Gasteiger partial charge < -0.3 is 9.72 Å². The second kappa shape index (κ2) is 7.98. The smallest absolute Gasteiger partial charge is 0.323 e. The Morgan fingerprint density at radius 1 is 0.912 bits per heavy atom. The molecular weight excluding hydrogens is 420 g/mol. The first-order chi connectivity index (χ1) is 16.6. The van der Waals surface area contributed by atoms with Crippen molar-refractivity contribution in [1.29, 1.82) is 0 Å². The van der Waals surface area contributed by atoms with Crippen molar-refractivity contribution in [2.45, 2.75) is 70.1 Å². The molecule has 4 aliphatic carbocycles. The molecule has 2 aromatic carbocycles. The molecule has 8 rings (SSSR count). The van der Waals surface area contributed by atoms with E-state index < -0.39 is 0 Å². The van der Waals surface area contributed by atoms with E-state index in [2.05, 4.69) is 34.6 Å². The Kier molecular flexibility index (Phi) is 4.87. The van der Waals surface area contributed by atoms with Crippen molar-refractivity contribution in [3.63, 3.8) is 0 Å². The topological polar surface area (TPSA) is 54.1 Å². The van der Waals surface area contributed by atoms with E-state index in [1.807, 2.05) is 30.3 Å². The van der Waals surface area contributed by atoms with Crippen molar-refractivity contribution in [2.75, 3.05) is 0 Å². The molecule has 2 heterocycles. The zero-order chi connectivity index (χ0) is 22.7. The highest BCUT2D eigenvalue weighted by molar-refractivity contribution is 5.87. The molecule has 0 spiro atoms. The summed E-state index contributed by atoms with van der Waals surface area (Å²) in [6.45, 7) is 0.332. The molecule has 34 heavy (non-hydrogen) atoms. The van der Waals surface area contributed by atoms with Gasteiger partial charge in [0, 0.05) is 29.1 Å². The molecule has 3 aromatic rings. The van der Waals surface area contributed by atoms with Crippen LogP contribution < -0.4 is 5.32 Å². The van der Waals surface area contributed by atoms with Crippen LogP contribution in [0.25, 0.3) is 10.9 Å². The van der Waals surface area contributed by atoms with Crippen LogP contribution in [-0.4, -0.2) is 17.0 Å². The van der Waals surface area contributed by atoms with E-state index in [-0.39, 0.29) is 18.1 Å². The van der Waals surface area contributed by atoms with Crippen molar-refractivity contribution in [3.05, 3.63) is 71.4 Å². The fourth-order valence-corrected chi connectivity index (χ4v) is 8.44. The van der Waals surface area contributed by atoms with E-state index >= 15 is 0 Å². The zero-order valence-corrected chi connectivity index (χ0v) is 19.8. The largest absolute Gasteiger partial charge is 0.460 e. The van der Waals surface area contributed by atoms with E-state index in [1.165, 1.54) is 60.7 Å². The van der Waals surface area contributed by atoms with Crippen molar-refractivity contribution in [3.8, 4) is 0 Å². The maximum absolute atomic E-state index is 13.3. The molecule has 176 valence electrons. The Hall–Kier alpha value is -2.59. The summed E-state index contributed by atoms with van der Waals surface area (Å²) >= 11 is 0. The van der Waals surface area contributed by atoms with E-state index in [0.29, 0.717) is 18.4 Å². The Bertz CT molecular complexity index is 1180. The summed E-state index contributed by atoms with van der Waals surface area (Å²) in [6, 6.07) is 18.4. The molecule has 1 aromatic heterocycles. The molecule has 4 saturated carbocycles. The summed E-state index contributed by atoms with van der Waals surface area (Å²) in [5, 5.41) is 5.04. The molecular formula is C30H34N2O2. The highest BCUT2D eigenvalue weighted by atomic mass is 16.5. The number of aromatic nitrogens is 1. The number of rotatable bonds is 5. The summed E-state index contributed by atoms with van der Waals surface area (Å²) in [6.07, 6.45) is 10.4. The van der Waals surface area contributed by atoms with Crippen LogP contribution in [0.3, 0.4) is 0 Å². The minimum atomic E-state index is -0.297. The Morgan fingerprint density at radius 3 is 2.32 bits per heavy atom. The molecule has 5 aliphatic rings.